The lowest BCUT2D eigenvalue weighted by Gasteiger charge is -2.11. The van der Waals surface area contributed by atoms with Gasteiger partial charge in [0.25, 0.3) is 0 Å². The third-order valence-electron chi connectivity index (χ3n) is 3.01. The fraction of sp³-hybridized carbons (Fsp3) is 0.529. The van der Waals surface area contributed by atoms with E-state index in [2.05, 4.69) is 27.8 Å². The van der Waals surface area contributed by atoms with Gasteiger partial charge in [-0.1, -0.05) is 30.3 Å². The first-order valence-electron chi connectivity index (χ1n) is 7.98. The van der Waals surface area contributed by atoms with Gasteiger partial charge in [0.2, 0.25) is 0 Å². The normalized spacial score (nSPS) is 11.1. The summed E-state index contributed by atoms with van der Waals surface area (Å²) in [6.45, 7) is 6.54. The topological polar surface area (TPSA) is 62.7 Å². The van der Waals surface area contributed by atoms with Gasteiger partial charge < -0.3 is 15.4 Å². The summed E-state index contributed by atoms with van der Waals surface area (Å²) in [6, 6.07) is 10.3. The molecule has 0 aliphatic carbocycles. The number of ether oxygens (including phenoxy) is 1. The van der Waals surface area contributed by atoms with E-state index in [1.54, 1.807) is 0 Å². The van der Waals surface area contributed by atoms with Crippen LogP contribution in [0.4, 0.5) is 0 Å². The van der Waals surface area contributed by atoms with E-state index < -0.39 is 0 Å². The van der Waals surface area contributed by atoms with Crippen LogP contribution in [0.3, 0.4) is 0 Å². The van der Waals surface area contributed by atoms with E-state index in [1.807, 2.05) is 32.0 Å². The molecule has 5 nitrogen and oxygen atoms in total. The quantitative estimate of drug-likeness (QED) is 0.317. The number of nitrogens with one attached hydrogen (secondary N) is 2. The van der Waals surface area contributed by atoms with Crippen molar-refractivity contribution in [2.75, 3.05) is 26.2 Å². The number of guanidine groups is 1. The first kappa shape index (κ1) is 18.0. The Bertz CT molecular complexity index is 446. The van der Waals surface area contributed by atoms with Gasteiger partial charge in [-0.25, -0.2) is 0 Å². The summed E-state index contributed by atoms with van der Waals surface area (Å²) in [5.74, 6) is 0.641. The van der Waals surface area contributed by atoms with Crippen molar-refractivity contribution in [3.63, 3.8) is 0 Å². The van der Waals surface area contributed by atoms with Crippen molar-refractivity contribution in [2.45, 2.75) is 33.1 Å². The number of nitrogens with zero attached hydrogens (tertiary/aromatic N) is 1. The molecule has 0 saturated heterocycles. The van der Waals surface area contributed by atoms with Crippen LogP contribution in [0.15, 0.2) is 35.3 Å². The lowest BCUT2D eigenvalue weighted by Crippen LogP contribution is -2.38. The first-order chi connectivity index (χ1) is 10.8. The van der Waals surface area contributed by atoms with Crippen molar-refractivity contribution in [3.8, 4) is 0 Å². The van der Waals surface area contributed by atoms with Crippen molar-refractivity contribution in [3.05, 3.63) is 35.9 Å². The minimum absolute atomic E-state index is 0.153. The van der Waals surface area contributed by atoms with Crippen LogP contribution in [0.5, 0.6) is 0 Å². The van der Waals surface area contributed by atoms with Gasteiger partial charge in [-0.15, -0.1) is 0 Å². The molecule has 0 amide bonds. The first-order valence-corrected chi connectivity index (χ1v) is 7.98. The molecule has 0 saturated carbocycles. The highest BCUT2D eigenvalue weighted by Gasteiger charge is 2.01. The molecule has 1 aromatic rings. The molecule has 1 aromatic carbocycles. The Kier molecular flexibility index (Phi) is 9.50. The lowest BCUT2D eigenvalue weighted by atomic mass is 10.1. The van der Waals surface area contributed by atoms with E-state index in [-0.39, 0.29) is 5.97 Å². The van der Waals surface area contributed by atoms with Gasteiger partial charge in [-0.2, -0.15) is 0 Å². The van der Waals surface area contributed by atoms with Crippen LogP contribution in [0.25, 0.3) is 0 Å². The molecule has 5 heteroatoms. The number of aliphatic imine (C=N–C) groups is 1. The van der Waals surface area contributed by atoms with E-state index in [0.29, 0.717) is 26.0 Å². The second-order valence-corrected chi connectivity index (χ2v) is 4.83. The molecule has 0 atom stereocenters. The lowest BCUT2D eigenvalue weighted by molar-refractivity contribution is -0.143. The molecule has 0 aromatic heterocycles. The third kappa shape index (κ3) is 8.29. The molecule has 0 bridgehead atoms. The minimum atomic E-state index is -0.153. The Morgan fingerprint density at radius 3 is 2.64 bits per heavy atom. The summed E-state index contributed by atoms with van der Waals surface area (Å²) >= 11 is 0. The Labute approximate surface area is 133 Å². The largest absolute Gasteiger partial charge is 0.466 e. The maximum atomic E-state index is 11.2. The number of hydrogen-bond donors (Lipinski definition) is 2. The van der Waals surface area contributed by atoms with E-state index in [0.717, 1.165) is 25.5 Å². The number of carbonyl (C=O) groups excluding carboxylic acids is 1. The Balaban J connectivity index is 2.28. The highest BCUT2D eigenvalue weighted by molar-refractivity contribution is 5.79. The fourth-order valence-corrected chi connectivity index (χ4v) is 1.96. The van der Waals surface area contributed by atoms with E-state index in [1.165, 1.54) is 5.56 Å². The molecule has 0 fully saturated rings. The maximum absolute atomic E-state index is 11.2. The molecule has 0 spiro atoms. The second kappa shape index (κ2) is 11.6. The molecular formula is C17H27N3O2. The molecule has 0 aliphatic rings. The number of carbonyl (C=O) groups is 1. The maximum Gasteiger partial charge on any atom is 0.305 e. The standard InChI is InChI=1S/C17H27N3O2/c1-3-18-17(19-13-8-11-16(21)22-4-2)20-14-12-15-9-6-5-7-10-15/h5-7,9-10H,3-4,8,11-14H2,1-2H3,(H2,18,19,20). The van der Waals surface area contributed by atoms with Gasteiger partial charge in [-0.3, -0.25) is 9.79 Å². The predicted molar refractivity (Wildman–Crippen MR) is 90.0 cm³/mol. The van der Waals surface area contributed by atoms with Gasteiger partial charge in [-0.05, 0) is 32.3 Å². The van der Waals surface area contributed by atoms with Crippen LogP contribution in [0.1, 0.15) is 32.3 Å². The molecular weight excluding hydrogens is 278 g/mol. The Morgan fingerprint density at radius 2 is 1.95 bits per heavy atom. The van der Waals surface area contributed by atoms with Gasteiger partial charge in [0.1, 0.15) is 0 Å². The summed E-state index contributed by atoms with van der Waals surface area (Å²) < 4.78 is 4.89. The summed E-state index contributed by atoms with van der Waals surface area (Å²) in [5.41, 5.74) is 1.30. The molecule has 0 aliphatic heterocycles. The number of esters is 1. The summed E-state index contributed by atoms with van der Waals surface area (Å²) in [4.78, 5) is 15.7. The van der Waals surface area contributed by atoms with Crippen molar-refractivity contribution in [1.82, 2.24) is 10.6 Å². The van der Waals surface area contributed by atoms with Crippen LogP contribution in [0.2, 0.25) is 0 Å². The van der Waals surface area contributed by atoms with Crippen molar-refractivity contribution >= 4 is 11.9 Å². The average Bonchev–Trinajstić information content (AvgIpc) is 2.53. The number of benzene rings is 1. The third-order valence-corrected chi connectivity index (χ3v) is 3.01. The molecule has 2 N–H and O–H groups in total. The van der Waals surface area contributed by atoms with Gasteiger partial charge >= 0.3 is 5.97 Å². The summed E-state index contributed by atoms with van der Waals surface area (Å²) in [6.07, 6.45) is 2.07. The van der Waals surface area contributed by atoms with E-state index in [4.69, 9.17) is 4.74 Å². The highest BCUT2D eigenvalue weighted by Crippen LogP contribution is 1.98. The zero-order chi connectivity index (χ0) is 16.0. The van der Waals surface area contributed by atoms with E-state index in [9.17, 15) is 4.79 Å². The highest BCUT2D eigenvalue weighted by atomic mass is 16.5. The van der Waals surface area contributed by atoms with Crippen LogP contribution >= 0.6 is 0 Å². The zero-order valence-electron chi connectivity index (χ0n) is 13.6. The minimum Gasteiger partial charge on any atom is -0.466 e. The monoisotopic (exact) mass is 305 g/mol. The molecule has 22 heavy (non-hydrogen) atoms. The van der Waals surface area contributed by atoms with E-state index >= 15 is 0 Å². The second-order valence-electron chi connectivity index (χ2n) is 4.83. The molecule has 1 rings (SSSR count). The molecule has 0 unspecified atom stereocenters. The van der Waals surface area contributed by atoms with Crippen molar-refractivity contribution < 1.29 is 9.53 Å². The SMILES string of the molecule is CCNC(=NCCCC(=O)OCC)NCCc1ccccc1. The molecule has 0 heterocycles. The van der Waals surface area contributed by atoms with Crippen LogP contribution in [-0.4, -0.2) is 38.2 Å². The molecule has 0 radical (unpaired) electrons. The van der Waals surface area contributed by atoms with Crippen molar-refractivity contribution in [1.29, 1.82) is 0 Å². The molecule has 122 valence electrons. The summed E-state index contributed by atoms with van der Waals surface area (Å²) in [7, 11) is 0. The fourth-order valence-electron chi connectivity index (χ4n) is 1.96. The summed E-state index contributed by atoms with van der Waals surface area (Å²) in [5, 5.41) is 6.51. The Morgan fingerprint density at radius 1 is 1.18 bits per heavy atom. The van der Waals surface area contributed by atoms with Crippen LogP contribution < -0.4 is 10.6 Å². The van der Waals surface area contributed by atoms with Gasteiger partial charge in [0.05, 0.1) is 6.61 Å². The predicted octanol–water partition coefficient (Wildman–Crippen LogP) is 2.13. The Hall–Kier alpha value is -2.04. The smallest absolute Gasteiger partial charge is 0.305 e. The number of rotatable bonds is 9. The van der Waals surface area contributed by atoms with Gasteiger partial charge in [0, 0.05) is 26.1 Å². The number of hydrogen-bond acceptors (Lipinski definition) is 3. The van der Waals surface area contributed by atoms with Gasteiger partial charge in [0.15, 0.2) is 5.96 Å². The average molecular weight is 305 g/mol. The van der Waals surface area contributed by atoms with Crippen molar-refractivity contribution in [2.24, 2.45) is 4.99 Å². The van der Waals surface area contributed by atoms with Crippen LogP contribution in [0, 0.1) is 0 Å². The van der Waals surface area contributed by atoms with Crippen LogP contribution in [-0.2, 0) is 16.0 Å². The zero-order valence-corrected chi connectivity index (χ0v) is 13.6.